The Kier molecular flexibility index (Phi) is 3.00. The monoisotopic (exact) mass is 230 g/mol. The van der Waals surface area contributed by atoms with Crippen molar-refractivity contribution < 1.29 is 14.6 Å². The Balaban J connectivity index is 2.51. The number of benzene rings is 2. The normalized spacial score (nSPS) is 12.4. The van der Waals surface area contributed by atoms with Crippen LogP contribution in [0.2, 0.25) is 0 Å². The molecule has 0 aliphatic heterocycles. The molecule has 88 valence electrons. The van der Waals surface area contributed by atoms with Crippen LogP contribution in [0.1, 0.15) is 18.4 Å². The molecule has 0 radical (unpaired) electrons. The molecule has 1 N–H and O–H groups in total. The first-order valence-corrected chi connectivity index (χ1v) is 5.42. The number of carboxylic acid groups (broad SMARTS) is 1. The molecule has 2 aromatic carbocycles. The number of hydrogen-bond donors (Lipinski definition) is 1. The van der Waals surface area contributed by atoms with Gasteiger partial charge < -0.3 is 9.84 Å². The zero-order valence-corrected chi connectivity index (χ0v) is 9.81. The average molecular weight is 230 g/mol. The summed E-state index contributed by atoms with van der Waals surface area (Å²) in [6.07, 6.45) is 0. The molecule has 17 heavy (non-hydrogen) atoms. The van der Waals surface area contributed by atoms with Crippen molar-refractivity contribution in [2.75, 3.05) is 7.11 Å². The van der Waals surface area contributed by atoms with Crippen LogP contribution in [0.3, 0.4) is 0 Å². The quantitative estimate of drug-likeness (QED) is 0.881. The highest BCUT2D eigenvalue weighted by Crippen LogP contribution is 2.25. The first-order chi connectivity index (χ1) is 8.11. The maximum absolute atomic E-state index is 10.9. The molecule has 0 aliphatic carbocycles. The van der Waals surface area contributed by atoms with E-state index in [1.807, 2.05) is 36.4 Å². The molecular formula is C14H14O3. The Bertz CT molecular complexity index is 560. The van der Waals surface area contributed by atoms with E-state index in [4.69, 9.17) is 9.84 Å². The molecule has 0 aromatic heterocycles. The van der Waals surface area contributed by atoms with E-state index in [-0.39, 0.29) is 0 Å². The fraction of sp³-hybridized carbons (Fsp3) is 0.214. The predicted molar refractivity (Wildman–Crippen MR) is 66.6 cm³/mol. The standard InChI is InChI=1S/C14H14O3/c1-9(14(15)16)11-4-3-10-5-6-13(17-2)8-12(10)7-11/h3-9H,1-2H3,(H,15,16). The summed E-state index contributed by atoms with van der Waals surface area (Å²) in [6, 6.07) is 11.5. The van der Waals surface area contributed by atoms with Crippen molar-refractivity contribution in [1.82, 2.24) is 0 Å². The summed E-state index contributed by atoms with van der Waals surface area (Å²) in [5, 5.41) is 11.1. The van der Waals surface area contributed by atoms with Gasteiger partial charge in [0, 0.05) is 0 Å². The topological polar surface area (TPSA) is 46.5 Å². The number of carbonyl (C=O) groups is 1. The Labute approximate surface area is 99.6 Å². The first kappa shape index (κ1) is 11.5. The van der Waals surface area contributed by atoms with Crippen LogP contribution in [0.5, 0.6) is 5.75 Å². The summed E-state index contributed by atoms with van der Waals surface area (Å²) >= 11 is 0. The molecule has 2 rings (SSSR count). The second-order valence-electron chi connectivity index (χ2n) is 4.03. The van der Waals surface area contributed by atoms with E-state index in [0.29, 0.717) is 0 Å². The maximum atomic E-state index is 10.9. The van der Waals surface area contributed by atoms with Crippen LogP contribution >= 0.6 is 0 Å². The molecule has 0 aliphatic rings. The van der Waals surface area contributed by atoms with Crippen LogP contribution in [0.15, 0.2) is 36.4 Å². The number of rotatable bonds is 3. The summed E-state index contributed by atoms with van der Waals surface area (Å²) < 4.78 is 5.15. The van der Waals surface area contributed by atoms with Crippen molar-refractivity contribution in [2.45, 2.75) is 12.8 Å². The molecule has 0 saturated carbocycles. The number of aliphatic carboxylic acids is 1. The Morgan fingerprint density at radius 2 is 1.88 bits per heavy atom. The second kappa shape index (κ2) is 4.45. The molecule has 0 saturated heterocycles. The molecule has 1 unspecified atom stereocenters. The highest BCUT2D eigenvalue weighted by atomic mass is 16.5. The van der Waals surface area contributed by atoms with Gasteiger partial charge in [0.15, 0.2) is 0 Å². The van der Waals surface area contributed by atoms with Crippen LogP contribution in [0, 0.1) is 0 Å². The van der Waals surface area contributed by atoms with Gasteiger partial charge in [-0.1, -0.05) is 24.3 Å². The first-order valence-electron chi connectivity index (χ1n) is 5.42. The van der Waals surface area contributed by atoms with Crippen molar-refractivity contribution in [3.8, 4) is 5.75 Å². The van der Waals surface area contributed by atoms with Crippen LogP contribution in [0.25, 0.3) is 10.8 Å². The van der Waals surface area contributed by atoms with Crippen molar-refractivity contribution in [2.24, 2.45) is 0 Å². The van der Waals surface area contributed by atoms with Gasteiger partial charge >= 0.3 is 5.97 Å². The number of carboxylic acids is 1. The van der Waals surface area contributed by atoms with E-state index in [2.05, 4.69) is 0 Å². The number of fused-ring (bicyclic) bond motifs is 1. The van der Waals surface area contributed by atoms with Crippen molar-refractivity contribution in [1.29, 1.82) is 0 Å². The minimum absolute atomic E-state index is 0.495. The lowest BCUT2D eigenvalue weighted by Gasteiger charge is -2.08. The van der Waals surface area contributed by atoms with Crippen LogP contribution in [-0.2, 0) is 4.79 Å². The minimum Gasteiger partial charge on any atom is -0.497 e. The molecule has 0 bridgehead atoms. The van der Waals surface area contributed by atoms with Gasteiger partial charge in [-0.2, -0.15) is 0 Å². The van der Waals surface area contributed by atoms with Gasteiger partial charge in [0.1, 0.15) is 5.75 Å². The fourth-order valence-electron chi connectivity index (χ4n) is 1.78. The summed E-state index contributed by atoms with van der Waals surface area (Å²) in [4.78, 5) is 10.9. The average Bonchev–Trinajstić information content (AvgIpc) is 2.36. The van der Waals surface area contributed by atoms with Crippen molar-refractivity contribution >= 4 is 16.7 Å². The van der Waals surface area contributed by atoms with Gasteiger partial charge in [-0.15, -0.1) is 0 Å². The van der Waals surface area contributed by atoms with Gasteiger partial charge in [0.25, 0.3) is 0 Å². The zero-order valence-electron chi connectivity index (χ0n) is 9.81. The molecule has 0 spiro atoms. The lowest BCUT2D eigenvalue weighted by molar-refractivity contribution is -0.138. The number of hydrogen-bond acceptors (Lipinski definition) is 2. The van der Waals surface area contributed by atoms with E-state index in [1.54, 1.807) is 14.0 Å². The largest absolute Gasteiger partial charge is 0.497 e. The van der Waals surface area contributed by atoms with E-state index in [9.17, 15) is 4.79 Å². The van der Waals surface area contributed by atoms with Gasteiger partial charge in [-0.05, 0) is 35.4 Å². The highest BCUT2D eigenvalue weighted by molar-refractivity contribution is 5.86. The molecule has 3 heteroatoms. The van der Waals surface area contributed by atoms with Gasteiger partial charge in [-0.3, -0.25) is 4.79 Å². The molecule has 0 amide bonds. The van der Waals surface area contributed by atoms with Gasteiger partial charge in [-0.25, -0.2) is 0 Å². The van der Waals surface area contributed by atoms with Gasteiger partial charge in [0.2, 0.25) is 0 Å². The van der Waals surface area contributed by atoms with Crippen molar-refractivity contribution in [3.05, 3.63) is 42.0 Å². The SMILES string of the molecule is COc1ccc2ccc(C(C)C(=O)O)cc2c1. The maximum Gasteiger partial charge on any atom is 0.310 e. The molecule has 3 nitrogen and oxygen atoms in total. The third-order valence-corrected chi connectivity index (χ3v) is 2.94. The summed E-state index contributed by atoms with van der Waals surface area (Å²) in [5.41, 5.74) is 0.804. The Hall–Kier alpha value is -2.03. The molecule has 2 aromatic rings. The zero-order chi connectivity index (χ0) is 12.4. The molecule has 0 fully saturated rings. The summed E-state index contributed by atoms with van der Waals surface area (Å²) in [7, 11) is 1.62. The number of ether oxygens (including phenoxy) is 1. The fourth-order valence-corrected chi connectivity index (χ4v) is 1.78. The van der Waals surface area contributed by atoms with Gasteiger partial charge in [0.05, 0.1) is 13.0 Å². The van der Waals surface area contributed by atoms with E-state index < -0.39 is 11.9 Å². The van der Waals surface area contributed by atoms with E-state index in [0.717, 1.165) is 22.1 Å². The van der Waals surface area contributed by atoms with Crippen LogP contribution in [0.4, 0.5) is 0 Å². The highest BCUT2D eigenvalue weighted by Gasteiger charge is 2.13. The van der Waals surface area contributed by atoms with E-state index >= 15 is 0 Å². The third kappa shape index (κ3) is 2.23. The second-order valence-corrected chi connectivity index (χ2v) is 4.03. The minimum atomic E-state index is -0.813. The van der Waals surface area contributed by atoms with E-state index in [1.165, 1.54) is 0 Å². The number of methoxy groups -OCH3 is 1. The predicted octanol–water partition coefficient (Wildman–Crippen LogP) is 3.04. The Morgan fingerprint density at radius 3 is 2.53 bits per heavy atom. The Morgan fingerprint density at radius 1 is 1.18 bits per heavy atom. The smallest absolute Gasteiger partial charge is 0.310 e. The third-order valence-electron chi connectivity index (χ3n) is 2.94. The van der Waals surface area contributed by atoms with Crippen molar-refractivity contribution in [3.63, 3.8) is 0 Å². The molecule has 0 heterocycles. The lowest BCUT2D eigenvalue weighted by atomic mass is 9.98. The summed E-state index contributed by atoms with van der Waals surface area (Å²) in [6.45, 7) is 1.68. The summed E-state index contributed by atoms with van der Waals surface area (Å²) in [5.74, 6) is -0.532. The molecule has 1 atom stereocenters. The van der Waals surface area contributed by atoms with Crippen LogP contribution in [-0.4, -0.2) is 18.2 Å². The molecular weight excluding hydrogens is 216 g/mol. The van der Waals surface area contributed by atoms with Crippen LogP contribution < -0.4 is 4.74 Å². The lowest BCUT2D eigenvalue weighted by Crippen LogP contribution is -2.06.